The van der Waals surface area contributed by atoms with Crippen LogP contribution in [0.2, 0.25) is 0 Å². The molecule has 0 spiro atoms. The third-order valence-corrected chi connectivity index (χ3v) is 3.59. The van der Waals surface area contributed by atoms with Crippen LogP contribution < -0.4 is 0 Å². The first-order valence-corrected chi connectivity index (χ1v) is 5.91. The maximum absolute atomic E-state index is 11.3. The zero-order chi connectivity index (χ0) is 12.9. The Morgan fingerprint density at radius 3 is 2.83 bits per heavy atom. The number of hydrogen-bond acceptors (Lipinski definition) is 6. The second kappa shape index (κ2) is 3.98. The minimum atomic E-state index is -0.636. The normalized spacial score (nSPS) is 40.1. The first kappa shape index (κ1) is 11.5. The summed E-state index contributed by atoms with van der Waals surface area (Å²) in [5, 5.41) is 0. The molecule has 5 unspecified atom stereocenters. The third kappa shape index (κ3) is 1.68. The zero-order valence-electron chi connectivity index (χ0n) is 9.96. The number of hydrogen-bond donors (Lipinski definition) is 0. The zero-order valence-corrected chi connectivity index (χ0v) is 9.96. The molecular weight excluding hydrogens is 240 g/mol. The maximum Gasteiger partial charge on any atom is 0.509 e. The van der Waals surface area contributed by atoms with Crippen molar-refractivity contribution in [3.05, 3.63) is 12.2 Å². The average Bonchev–Trinajstić information content (AvgIpc) is 2.95. The van der Waals surface area contributed by atoms with Crippen molar-refractivity contribution in [3.8, 4) is 0 Å². The molecule has 3 heterocycles. The lowest BCUT2D eigenvalue weighted by Gasteiger charge is -2.24. The summed E-state index contributed by atoms with van der Waals surface area (Å²) >= 11 is 0. The first-order valence-electron chi connectivity index (χ1n) is 5.91. The molecule has 0 saturated carbocycles. The van der Waals surface area contributed by atoms with Crippen molar-refractivity contribution < 1.29 is 28.5 Å². The number of fused-ring (bicyclic) bond motifs is 5. The van der Waals surface area contributed by atoms with Crippen molar-refractivity contribution in [1.82, 2.24) is 0 Å². The number of carbonyl (C=O) groups excluding carboxylic acids is 2. The molecule has 0 radical (unpaired) electrons. The van der Waals surface area contributed by atoms with E-state index in [0.29, 0.717) is 12.0 Å². The van der Waals surface area contributed by atoms with E-state index in [2.05, 4.69) is 6.58 Å². The molecule has 0 aromatic carbocycles. The van der Waals surface area contributed by atoms with E-state index in [-0.39, 0.29) is 36.9 Å². The van der Waals surface area contributed by atoms with E-state index in [1.165, 1.54) is 0 Å². The Balaban J connectivity index is 1.60. The van der Waals surface area contributed by atoms with Crippen LogP contribution in [-0.2, 0) is 23.7 Å². The minimum Gasteiger partial charge on any atom is -0.462 e. The van der Waals surface area contributed by atoms with Crippen LogP contribution in [0, 0.1) is 5.92 Å². The standard InChI is InChI=1S/C12H14O6/c1-5(2)11(13)15-4-6-3-7-9-10(8(6)16-7)18-12(14)17-9/h6-10H,1,3-4H2,2H3. The van der Waals surface area contributed by atoms with Crippen LogP contribution in [0.15, 0.2) is 12.2 Å². The highest BCUT2D eigenvalue weighted by atomic mass is 16.8. The Morgan fingerprint density at radius 1 is 1.39 bits per heavy atom. The van der Waals surface area contributed by atoms with Gasteiger partial charge >= 0.3 is 12.1 Å². The molecule has 18 heavy (non-hydrogen) atoms. The minimum absolute atomic E-state index is 0.0500. The molecule has 3 aliphatic heterocycles. The molecule has 3 rings (SSSR count). The molecule has 0 aromatic heterocycles. The molecule has 2 bridgehead atoms. The van der Waals surface area contributed by atoms with Crippen molar-refractivity contribution in [1.29, 1.82) is 0 Å². The Bertz CT molecular complexity index is 417. The van der Waals surface area contributed by atoms with E-state index in [1.807, 2.05) is 0 Å². The second-order valence-corrected chi connectivity index (χ2v) is 4.93. The lowest BCUT2D eigenvalue weighted by molar-refractivity contribution is -0.141. The van der Waals surface area contributed by atoms with E-state index in [4.69, 9.17) is 18.9 Å². The van der Waals surface area contributed by atoms with Gasteiger partial charge in [0, 0.05) is 11.5 Å². The third-order valence-electron chi connectivity index (χ3n) is 3.59. The number of ether oxygens (including phenoxy) is 4. The van der Waals surface area contributed by atoms with Gasteiger partial charge in [-0.25, -0.2) is 9.59 Å². The average molecular weight is 254 g/mol. The van der Waals surface area contributed by atoms with Gasteiger partial charge in [-0.2, -0.15) is 0 Å². The van der Waals surface area contributed by atoms with Crippen LogP contribution in [0.4, 0.5) is 4.79 Å². The smallest absolute Gasteiger partial charge is 0.462 e. The fraction of sp³-hybridized carbons (Fsp3) is 0.667. The molecule has 0 aromatic rings. The van der Waals surface area contributed by atoms with Gasteiger partial charge in [0.05, 0.1) is 12.7 Å². The highest BCUT2D eigenvalue weighted by Crippen LogP contribution is 2.45. The van der Waals surface area contributed by atoms with Crippen LogP contribution >= 0.6 is 0 Å². The molecule has 0 aliphatic carbocycles. The second-order valence-electron chi connectivity index (χ2n) is 4.93. The fourth-order valence-electron chi connectivity index (χ4n) is 2.75. The van der Waals surface area contributed by atoms with E-state index in [1.54, 1.807) is 6.92 Å². The summed E-state index contributed by atoms with van der Waals surface area (Å²) in [4.78, 5) is 22.4. The van der Waals surface area contributed by atoms with Gasteiger partial charge in [0.2, 0.25) is 0 Å². The van der Waals surface area contributed by atoms with Crippen LogP contribution in [0.25, 0.3) is 0 Å². The van der Waals surface area contributed by atoms with Gasteiger partial charge < -0.3 is 18.9 Å². The summed E-state index contributed by atoms with van der Waals surface area (Å²) in [6.45, 7) is 5.37. The Labute approximate surface area is 104 Å². The van der Waals surface area contributed by atoms with Gasteiger partial charge in [0.15, 0.2) is 12.2 Å². The first-order chi connectivity index (χ1) is 8.56. The molecule has 5 atom stereocenters. The highest BCUT2D eigenvalue weighted by molar-refractivity contribution is 5.86. The quantitative estimate of drug-likeness (QED) is 0.548. The summed E-state index contributed by atoms with van der Waals surface area (Å²) in [7, 11) is 0. The Kier molecular flexibility index (Phi) is 2.55. The molecule has 3 aliphatic rings. The molecule has 6 nitrogen and oxygen atoms in total. The van der Waals surface area contributed by atoms with Gasteiger partial charge in [-0.05, 0) is 13.3 Å². The predicted molar refractivity (Wildman–Crippen MR) is 57.7 cm³/mol. The lowest BCUT2D eigenvalue weighted by Crippen LogP contribution is -2.41. The molecular formula is C12H14O6. The monoisotopic (exact) mass is 254 g/mol. The highest BCUT2D eigenvalue weighted by Gasteiger charge is 2.61. The summed E-state index contributed by atoms with van der Waals surface area (Å²) in [5.41, 5.74) is 0.368. The molecule has 6 heteroatoms. The molecule has 98 valence electrons. The van der Waals surface area contributed by atoms with Crippen LogP contribution in [-0.4, -0.2) is 43.1 Å². The van der Waals surface area contributed by atoms with E-state index < -0.39 is 12.1 Å². The summed E-state index contributed by atoms with van der Waals surface area (Å²) in [6, 6.07) is 0. The topological polar surface area (TPSA) is 71.1 Å². The van der Waals surface area contributed by atoms with Gasteiger partial charge in [0.25, 0.3) is 0 Å². The molecule has 0 amide bonds. The number of rotatable bonds is 3. The summed E-state index contributed by atoms with van der Waals surface area (Å²) in [5.74, 6) is -0.358. The summed E-state index contributed by atoms with van der Waals surface area (Å²) < 4.78 is 20.9. The van der Waals surface area contributed by atoms with Crippen LogP contribution in [0.1, 0.15) is 13.3 Å². The Morgan fingerprint density at radius 2 is 2.11 bits per heavy atom. The van der Waals surface area contributed by atoms with Crippen LogP contribution in [0.3, 0.4) is 0 Å². The van der Waals surface area contributed by atoms with Gasteiger partial charge in [-0.15, -0.1) is 0 Å². The van der Waals surface area contributed by atoms with Gasteiger partial charge in [-0.1, -0.05) is 6.58 Å². The van der Waals surface area contributed by atoms with Crippen LogP contribution in [0.5, 0.6) is 0 Å². The Hall–Kier alpha value is -1.56. The van der Waals surface area contributed by atoms with Gasteiger partial charge in [-0.3, -0.25) is 0 Å². The SMILES string of the molecule is C=C(C)C(=O)OCC1CC2OC1C1OC(=O)OC21. The van der Waals surface area contributed by atoms with E-state index in [9.17, 15) is 9.59 Å². The van der Waals surface area contributed by atoms with Crippen molar-refractivity contribution in [2.75, 3.05) is 6.61 Å². The van der Waals surface area contributed by atoms with Crippen molar-refractivity contribution in [2.45, 2.75) is 37.8 Å². The van der Waals surface area contributed by atoms with Gasteiger partial charge in [0.1, 0.15) is 6.10 Å². The van der Waals surface area contributed by atoms with Crippen molar-refractivity contribution >= 4 is 12.1 Å². The fourth-order valence-corrected chi connectivity index (χ4v) is 2.75. The number of esters is 1. The molecule has 0 N–H and O–H groups in total. The van der Waals surface area contributed by atoms with Crippen molar-refractivity contribution in [3.63, 3.8) is 0 Å². The lowest BCUT2D eigenvalue weighted by atomic mass is 9.86. The molecule has 3 saturated heterocycles. The summed E-state index contributed by atoms with van der Waals surface area (Å²) in [6.07, 6.45) is -0.945. The maximum atomic E-state index is 11.3. The number of carbonyl (C=O) groups is 2. The van der Waals surface area contributed by atoms with E-state index >= 15 is 0 Å². The van der Waals surface area contributed by atoms with E-state index in [0.717, 1.165) is 0 Å². The molecule has 3 fully saturated rings. The predicted octanol–water partition coefficient (Wildman–Crippen LogP) is 0.797. The van der Waals surface area contributed by atoms with Crippen molar-refractivity contribution in [2.24, 2.45) is 5.92 Å². The largest absolute Gasteiger partial charge is 0.509 e.